The number of carbonyl (C=O) groups is 2. The second-order valence-electron chi connectivity index (χ2n) is 5.62. The summed E-state index contributed by atoms with van der Waals surface area (Å²) in [4.78, 5) is 25.5. The highest BCUT2D eigenvalue weighted by molar-refractivity contribution is 7.99. The summed E-state index contributed by atoms with van der Waals surface area (Å²) < 4.78 is 0. The van der Waals surface area contributed by atoms with Crippen LogP contribution in [0.1, 0.15) is 18.9 Å². The van der Waals surface area contributed by atoms with E-state index in [4.69, 9.17) is 0 Å². The van der Waals surface area contributed by atoms with Crippen LogP contribution in [0.4, 0.5) is 0 Å². The fourth-order valence-electron chi connectivity index (χ4n) is 3.54. The molecule has 4 nitrogen and oxygen atoms in total. The molecule has 4 unspecified atom stereocenters. The topological polar surface area (TPSA) is 57.6 Å². The normalized spacial score (nSPS) is 30.9. The van der Waals surface area contributed by atoms with Crippen LogP contribution in [0.5, 0.6) is 0 Å². The molecule has 1 amide bonds. The standard InChI is InChI=1S/C16H19NO3S/c1-2-21-13-9-12-11(8-10-6-4-3-5-7-10)15(18)17(12)14(13)16(19)20/h3-7,11-14H,2,8-9H2,1H3,(H,19,20). The van der Waals surface area contributed by atoms with Gasteiger partial charge < -0.3 is 10.0 Å². The summed E-state index contributed by atoms with van der Waals surface area (Å²) >= 11 is 1.66. The molecule has 0 radical (unpaired) electrons. The second-order valence-corrected chi connectivity index (χ2v) is 7.14. The number of β-lactam (4-membered cyclic amide) rings is 1. The maximum Gasteiger partial charge on any atom is 0.327 e. The van der Waals surface area contributed by atoms with Crippen molar-refractivity contribution in [3.63, 3.8) is 0 Å². The van der Waals surface area contributed by atoms with Gasteiger partial charge in [0.1, 0.15) is 6.04 Å². The minimum absolute atomic E-state index is 0.00968. The minimum Gasteiger partial charge on any atom is -0.480 e. The van der Waals surface area contributed by atoms with Crippen LogP contribution in [0.25, 0.3) is 0 Å². The summed E-state index contributed by atoms with van der Waals surface area (Å²) in [6.45, 7) is 2.03. The van der Waals surface area contributed by atoms with E-state index in [1.54, 1.807) is 16.7 Å². The quantitative estimate of drug-likeness (QED) is 0.846. The summed E-state index contributed by atoms with van der Waals surface area (Å²) in [6, 6.07) is 9.42. The third kappa shape index (κ3) is 2.44. The largest absolute Gasteiger partial charge is 0.480 e. The van der Waals surface area contributed by atoms with Gasteiger partial charge in [0, 0.05) is 11.3 Å². The number of amides is 1. The average Bonchev–Trinajstić information content (AvgIpc) is 2.82. The number of carboxylic acid groups (broad SMARTS) is 1. The molecule has 21 heavy (non-hydrogen) atoms. The molecule has 3 rings (SSSR count). The zero-order chi connectivity index (χ0) is 15.0. The highest BCUT2D eigenvalue weighted by Gasteiger charge is 2.59. The number of aliphatic carboxylic acids is 1. The first-order valence-electron chi connectivity index (χ1n) is 7.34. The first kappa shape index (κ1) is 14.4. The van der Waals surface area contributed by atoms with Crippen molar-refractivity contribution in [3.05, 3.63) is 35.9 Å². The van der Waals surface area contributed by atoms with E-state index in [0.717, 1.165) is 24.2 Å². The molecule has 1 aromatic rings. The van der Waals surface area contributed by atoms with Crippen molar-refractivity contribution >= 4 is 23.6 Å². The van der Waals surface area contributed by atoms with E-state index in [1.807, 2.05) is 37.3 Å². The Morgan fingerprint density at radius 3 is 2.71 bits per heavy atom. The Morgan fingerprint density at radius 2 is 2.10 bits per heavy atom. The molecule has 2 saturated heterocycles. The van der Waals surface area contributed by atoms with Crippen LogP contribution in [0.15, 0.2) is 30.3 Å². The van der Waals surface area contributed by atoms with Crippen molar-refractivity contribution in [2.45, 2.75) is 37.1 Å². The molecule has 5 heteroatoms. The molecule has 2 aliphatic heterocycles. The van der Waals surface area contributed by atoms with Gasteiger partial charge in [-0.3, -0.25) is 4.79 Å². The molecule has 2 fully saturated rings. The van der Waals surface area contributed by atoms with Crippen molar-refractivity contribution in [1.29, 1.82) is 0 Å². The molecule has 0 spiro atoms. The van der Waals surface area contributed by atoms with Gasteiger partial charge in [-0.05, 0) is 24.2 Å². The van der Waals surface area contributed by atoms with E-state index >= 15 is 0 Å². The van der Waals surface area contributed by atoms with Gasteiger partial charge in [-0.25, -0.2) is 4.79 Å². The number of carboxylic acids is 1. The molecule has 0 saturated carbocycles. The van der Waals surface area contributed by atoms with E-state index in [1.165, 1.54) is 0 Å². The molecule has 1 aromatic carbocycles. The van der Waals surface area contributed by atoms with Crippen molar-refractivity contribution < 1.29 is 14.7 Å². The molecule has 2 heterocycles. The fraction of sp³-hybridized carbons (Fsp3) is 0.500. The molecule has 1 N–H and O–H groups in total. The van der Waals surface area contributed by atoms with Crippen LogP contribution in [-0.2, 0) is 16.0 Å². The molecule has 0 aromatic heterocycles. The Bertz CT molecular complexity index is 548. The number of thioether (sulfide) groups is 1. The number of benzene rings is 1. The number of rotatable bonds is 5. The van der Waals surface area contributed by atoms with Crippen molar-refractivity contribution in [3.8, 4) is 0 Å². The van der Waals surface area contributed by atoms with Crippen LogP contribution in [0, 0.1) is 5.92 Å². The number of nitrogens with zero attached hydrogens (tertiary/aromatic N) is 1. The van der Waals surface area contributed by atoms with Crippen LogP contribution >= 0.6 is 11.8 Å². The van der Waals surface area contributed by atoms with Crippen LogP contribution < -0.4 is 0 Å². The van der Waals surface area contributed by atoms with E-state index in [2.05, 4.69) is 0 Å². The number of carbonyl (C=O) groups excluding carboxylic acids is 1. The highest BCUT2D eigenvalue weighted by Crippen LogP contribution is 2.45. The first-order valence-corrected chi connectivity index (χ1v) is 8.39. The van der Waals surface area contributed by atoms with E-state index in [-0.39, 0.29) is 23.1 Å². The van der Waals surface area contributed by atoms with E-state index < -0.39 is 12.0 Å². The van der Waals surface area contributed by atoms with Crippen molar-refractivity contribution in [1.82, 2.24) is 4.90 Å². The lowest BCUT2D eigenvalue weighted by atomic mass is 9.83. The van der Waals surface area contributed by atoms with Gasteiger partial charge in [0.2, 0.25) is 5.91 Å². The molecular formula is C16H19NO3S. The number of fused-ring (bicyclic) bond motifs is 1. The molecule has 0 bridgehead atoms. The third-order valence-electron chi connectivity index (χ3n) is 4.45. The van der Waals surface area contributed by atoms with Gasteiger partial charge in [-0.1, -0.05) is 37.3 Å². The monoisotopic (exact) mass is 305 g/mol. The van der Waals surface area contributed by atoms with Gasteiger partial charge in [-0.15, -0.1) is 0 Å². The predicted octanol–water partition coefficient (Wildman–Crippen LogP) is 2.03. The Hall–Kier alpha value is -1.49. The van der Waals surface area contributed by atoms with Crippen molar-refractivity contribution in [2.24, 2.45) is 5.92 Å². The van der Waals surface area contributed by atoms with Crippen LogP contribution in [0.2, 0.25) is 0 Å². The SMILES string of the molecule is CCSC1CC2C(Cc3ccccc3)C(=O)N2C1C(=O)O. The summed E-state index contributed by atoms with van der Waals surface area (Å²) in [6.07, 6.45) is 1.52. The third-order valence-corrected chi connectivity index (χ3v) is 5.66. The molecule has 112 valence electrons. The summed E-state index contributed by atoms with van der Waals surface area (Å²) in [7, 11) is 0. The number of hydrogen-bond donors (Lipinski definition) is 1. The van der Waals surface area contributed by atoms with Gasteiger partial charge in [0.05, 0.1) is 5.92 Å². The lowest BCUT2D eigenvalue weighted by Gasteiger charge is -2.44. The van der Waals surface area contributed by atoms with Crippen LogP contribution in [-0.4, -0.2) is 45.0 Å². The molecule has 2 aliphatic rings. The number of hydrogen-bond acceptors (Lipinski definition) is 3. The maximum atomic E-state index is 12.4. The first-order chi connectivity index (χ1) is 10.1. The Morgan fingerprint density at radius 1 is 1.38 bits per heavy atom. The smallest absolute Gasteiger partial charge is 0.327 e. The Labute approximate surface area is 128 Å². The maximum absolute atomic E-state index is 12.4. The zero-order valence-corrected chi connectivity index (χ0v) is 12.8. The summed E-state index contributed by atoms with van der Waals surface area (Å²) in [5, 5.41) is 9.45. The van der Waals surface area contributed by atoms with Crippen LogP contribution in [0.3, 0.4) is 0 Å². The van der Waals surface area contributed by atoms with Gasteiger partial charge in [0.15, 0.2) is 0 Å². The van der Waals surface area contributed by atoms with Gasteiger partial charge in [0.25, 0.3) is 0 Å². The Balaban J connectivity index is 1.75. The van der Waals surface area contributed by atoms with Crippen molar-refractivity contribution in [2.75, 3.05) is 5.75 Å². The molecule has 0 aliphatic carbocycles. The van der Waals surface area contributed by atoms with Gasteiger partial charge >= 0.3 is 5.97 Å². The van der Waals surface area contributed by atoms with E-state index in [9.17, 15) is 14.7 Å². The van der Waals surface area contributed by atoms with E-state index in [0.29, 0.717) is 0 Å². The van der Waals surface area contributed by atoms with Gasteiger partial charge in [-0.2, -0.15) is 11.8 Å². The minimum atomic E-state index is -0.866. The second kappa shape index (κ2) is 5.72. The lowest BCUT2D eigenvalue weighted by Crippen LogP contribution is -2.62. The Kier molecular flexibility index (Phi) is 3.93. The fourth-order valence-corrected chi connectivity index (χ4v) is 4.73. The summed E-state index contributed by atoms with van der Waals surface area (Å²) in [5.41, 5.74) is 1.15. The summed E-state index contributed by atoms with van der Waals surface area (Å²) in [5.74, 6) is -0.0193. The zero-order valence-electron chi connectivity index (χ0n) is 11.9. The highest BCUT2D eigenvalue weighted by atomic mass is 32.2. The predicted molar refractivity (Wildman–Crippen MR) is 82.2 cm³/mol. The molecular weight excluding hydrogens is 286 g/mol. The molecule has 4 atom stereocenters. The average molecular weight is 305 g/mol. The lowest BCUT2D eigenvalue weighted by molar-refractivity contribution is -0.163.